The summed E-state index contributed by atoms with van der Waals surface area (Å²) in [5.41, 5.74) is 2.29. The fraction of sp³-hybridized carbons (Fsp3) is 0.417. The molecular weight excluding hydrogens is 172 g/mol. The molecule has 1 aromatic carbocycles. The number of hydrogen-bond donors (Lipinski definition) is 0. The van der Waals surface area contributed by atoms with Crippen LogP contribution in [0, 0.1) is 6.07 Å². The van der Waals surface area contributed by atoms with Gasteiger partial charge in [-0.3, -0.25) is 0 Å². The van der Waals surface area contributed by atoms with E-state index in [0.29, 0.717) is 0 Å². The number of aryl methyl sites for hydroxylation is 2. The topological polar surface area (TPSA) is 17.8 Å². The lowest BCUT2D eigenvalue weighted by Gasteiger charge is -2.02. The molecule has 0 saturated carbocycles. The van der Waals surface area contributed by atoms with Gasteiger partial charge in [0.25, 0.3) is 0 Å². The van der Waals surface area contributed by atoms with Gasteiger partial charge in [-0.05, 0) is 18.9 Å². The Morgan fingerprint density at radius 3 is 3.29 bits per heavy atom. The zero-order valence-electron chi connectivity index (χ0n) is 8.16. The fourth-order valence-electron chi connectivity index (χ4n) is 2.23. The first kappa shape index (κ1) is 8.04. The van der Waals surface area contributed by atoms with E-state index >= 15 is 0 Å². The Kier molecular flexibility index (Phi) is 1.79. The maximum absolute atomic E-state index is 4.62. The highest BCUT2D eigenvalue weighted by molar-refractivity contribution is 5.75. The van der Waals surface area contributed by atoms with Crippen molar-refractivity contribution in [3.05, 3.63) is 30.1 Å². The summed E-state index contributed by atoms with van der Waals surface area (Å²) in [6.45, 7) is 1.13. The van der Waals surface area contributed by atoms with Crippen LogP contribution in [0.2, 0.25) is 0 Å². The molecule has 0 aliphatic carbocycles. The number of hydrogen-bond acceptors (Lipinski definition) is 1. The van der Waals surface area contributed by atoms with E-state index in [0.717, 1.165) is 18.5 Å². The van der Waals surface area contributed by atoms with Crippen LogP contribution in [0.1, 0.15) is 25.1 Å². The molecule has 14 heavy (non-hydrogen) atoms. The quantitative estimate of drug-likeness (QED) is 0.616. The van der Waals surface area contributed by atoms with Crippen LogP contribution >= 0.6 is 0 Å². The monoisotopic (exact) mass is 185 g/mol. The van der Waals surface area contributed by atoms with E-state index < -0.39 is 0 Å². The van der Waals surface area contributed by atoms with Gasteiger partial charge in [0, 0.05) is 19.0 Å². The van der Waals surface area contributed by atoms with Crippen molar-refractivity contribution in [1.29, 1.82) is 0 Å². The van der Waals surface area contributed by atoms with Gasteiger partial charge in [-0.15, -0.1) is 0 Å². The van der Waals surface area contributed by atoms with Crippen LogP contribution in [0.15, 0.2) is 18.2 Å². The summed E-state index contributed by atoms with van der Waals surface area (Å²) in [7, 11) is 0. The maximum Gasteiger partial charge on any atom is 0.109 e. The first-order valence-corrected chi connectivity index (χ1v) is 5.31. The lowest BCUT2D eigenvalue weighted by molar-refractivity contribution is 0.647. The normalized spacial score (nSPS) is 16.6. The number of fused-ring (bicyclic) bond motifs is 3. The molecule has 0 atom stereocenters. The SMILES string of the molecule is [c]1cccc2c1nc1n2CCCCC1. The third-order valence-corrected chi connectivity index (χ3v) is 2.94. The van der Waals surface area contributed by atoms with E-state index in [9.17, 15) is 0 Å². The van der Waals surface area contributed by atoms with E-state index in [1.54, 1.807) is 0 Å². The number of imidazole rings is 1. The lowest BCUT2D eigenvalue weighted by Crippen LogP contribution is -1.99. The van der Waals surface area contributed by atoms with Crippen LogP contribution in [0.5, 0.6) is 0 Å². The first-order valence-electron chi connectivity index (χ1n) is 5.31. The standard InChI is InChI=1S/C12H13N2/c1-2-8-12-13-10-6-3-4-7-11(10)14(12)9-5-1/h3-4,7H,1-2,5,8-9H2. The van der Waals surface area contributed by atoms with Gasteiger partial charge in [-0.1, -0.05) is 18.6 Å². The highest BCUT2D eigenvalue weighted by Gasteiger charge is 2.12. The third-order valence-electron chi connectivity index (χ3n) is 2.94. The molecule has 1 aliphatic rings. The molecule has 71 valence electrons. The molecule has 2 nitrogen and oxygen atoms in total. The highest BCUT2D eigenvalue weighted by Crippen LogP contribution is 2.20. The number of rotatable bonds is 0. The zero-order chi connectivity index (χ0) is 9.38. The second kappa shape index (κ2) is 3.12. The van der Waals surface area contributed by atoms with Crippen molar-refractivity contribution >= 4 is 11.0 Å². The van der Waals surface area contributed by atoms with Crippen LogP contribution in [0.25, 0.3) is 11.0 Å². The number of para-hydroxylation sites is 1. The minimum absolute atomic E-state index is 1.03. The van der Waals surface area contributed by atoms with Crippen LogP contribution in [0.4, 0.5) is 0 Å². The van der Waals surface area contributed by atoms with E-state index in [4.69, 9.17) is 0 Å². The van der Waals surface area contributed by atoms with Gasteiger partial charge in [-0.2, -0.15) is 0 Å². The lowest BCUT2D eigenvalue weighted by atomic mass is 10.2. The van der Waals surface area contributed by atoms with Crippen molar-refractivity contribution in [3.8, 4) is 0 Å². The summed E-state index contributed by atoms with van der Waals surface area (Å²) in [4.78, 5) is 4.62. The summed E-state index contributed by atoms with van der Waals surface area (Å²) in [5.74, 6) is 1.25. The van der Waals surface area contributed by atoms with Crippen molar-refractivity contribution in [2.45, 2.75) is 32.2 Å². The summed E-state index contributed by atoms with van der Waals surface area (Å²) >= 11 is 0. The third kappa shape index (κ3) is 1.14. The molecule has 1 aliphatic heterocycles. The first-order chi connectivity index (χ1) is 6.95. The van der Waals surface area contributed by atoms with Crippen LogP contribution < -0.4 is 0 Å². The van der Waals surface area contributed by atoms with E-state index in [1.807, 2.05) is 12.1 Å². The van der Waals surface area contributed by atoms with E-state index in [2.05, 4.69) is 21.7 Å². The molecule has 1 radical (unpaired) electrons. The van der Waals surface area contributed by atoms with Crippen LogP contribution in [0.3, 0.4) is 0 Å². The molecular formula is C12H13N2. The molecule has 2 heteroatoms. The average Bonchev–Trinajstić information content (AvgIpc) is 2.42. The molecule has 0 amide bonds. The summed E-state index contributed by atoms with van der Waals surface area (Å²) in [5, 5.41) is 0. The minimum Gasteiger partial charge on any atom is -0.328 e. The molecule has 0 bridgehead atoms. The van der Waals surface area contributed by atoms with Gasteiger partial charge in [-0.25, -0.2) is 4.98 Å². The fourth-order valence-corrected chi connectivity index (χ4v) is 2.23. The highest BCUT2D eigenvalue weighted by atomic mass is 15.1. The molecule has 0 N–H and O–H groups in total. The van der Waals surface area contributed by atoms with Crippen molar-refractivity contribution in [2.75, 3.05) is 0 Å². The summed E-state index contributed by atoms with van der Waals surface area (Å²) in [6.07, 6.45) is 5.03. The molecule has 1 aromatic heterocycles. The largest absolute Gasteiger partial charge is 0.328 e. The Bertz CT molecular complexity index is 456. The zero-order valence-corrected chi connectivity index (χ0v) is 8.16. The molecule has 2 heterocycles. The van der Waals surface area contributed by atoms with Gasteiger partial charge >= 0.3 is 0 Å². The summed E-state index contributed by atoms with van der Waals surface area (Å²) < 4.78 is 2.36. The number of benzene rings is 1. The van der Waals surface area contributed by atoms with Crippen molar-refractivity contribution < 1.29 is 0 Å². The van der Waals surface area contributed by atoms with E-state index in [-0.39, 0.29) is 0 Å². The van der Waals surface area contributed by atoms with Gasteiger partial charge < -0.3 is 4.57 Å². The Balaban J connectivity index is 2.24. The van der Waals surface area contributed by atoms with Crippen molar-refractivity contribution in [2.24, 2.45) is 0 Å². The van der Waals surface area contributed by atoms with Gasteiger partial charge in [0.1, 0.15) is 5.82 Å². The molecule has 0 saturated heterocycles. The van der Waals surface area contributed by atoms with Crippen molar-refractivity contribution in [3.63, 3.8) is 0 Å². The Morgan fingerprint density at radius 1 is 1.29 bits per heavy atom. The second-order valence-electron chi connectivity index (χ2n) is 3.89. The minimum atomic E-state index is 1.03. The Morgan fingerprint density at radius 2 is 2.29 bits per heavy atom. The number of nitrogens with zero attached hydrogens (tertiary/aromatic N) is 2. The molecule has 3 rings (SSSR count). The molecule has 0 spiro atoms. The predicted molar refractivity (Wildman–Crippen MR) is 56.1 cm³/mol. The Hall–Kier alpha value is -1.31. The predicted octanol–water partition coefficient (Wildman–Crippen LogP) is 2.56. The van der Waals surface area contributed by atoms with Gasteiger partial charge in [0.15, 0.2) is 0 Å². The Labute approximate surface area is 83.6 Å². The number of aromatic nitrogens is 2. The van der Waals surface area contributed by atoms with Gasteiger partial charge in [0.05, 0.1) is 11.0 Å². The van der Waals surface area contributed by atoms with Gasteiger partial charge in [0.2, 0.25) is 0 Å². The smallest absolute Gasteiger partial charge is 0.109 e. The average molecular weight is 185 g/mol. The van der Waals surface area contributed by atoms with Crippen molar-refractivity contribution in [1.82, 2.24) is 9.55 Å². The van der Waals surface area contributed by atoms with Crippen LogP contribution in [-0.4, -0.2) is 9.55 Å². The maximum atomic E-state index is 4.62. The summed E-state index contributed by atoms with van der Waals surface area (Å²) in [6, 6.07) is 9.33. The van der Waals surface area contributed by atoms with E-state index in [1.165, 1.54) is 30.6 Å². The molecule has 0 unspecified atom stereocenters. The van der Waals surface area contributed by atoms with Crippen LogP contribution in [-0.2, 0) is 13.0 Å². The molecule has 0 fully saturated rings. The second-order valence-corrected chi connectivity index (χ2v) is 3.89. The molecule has 2 aromatic rings.